The molecule has 0 aromatic heterocycles. The first kappa shape index (κ1) is 16.5. The molecule has 2 aromatic rings. The Balaban J connectivity index is 2.36. The van der Waals surface area contributed by atoms with E-state index in [2.05, 4.69) is 31.9 Å². The number of aliphatic hydroxyl groups excluding tert-OH is 1. The summed E-state index contributed by atoms with van der Waals surface area (Å²) in [4.78, 5) is 0. The Bertz CT molecular complexity index is 641. The fourth-order valence-corrected chi connectivity index (χ4v) is 2.85. The zero-order valence-electron chi connectivity index (χ0n) is 10.7. The second-order valence-electron chi connectivity index (χ2n) is 4.54. The number of alkyl halides is 3. The van der Waals surface area contributed by atoms with Gasteiger partial charge in [-0.2, -0.15) is 13.2 Å². The fraction of sp³-hybridized carbons (Fsp3) is 0.200. The first-order valence-electron chi connectivity index (χ1n) is 6.07. The Kier molecular flexibility index (Phi) is 5.11. The third-order valence-electron chi connectivity index (χ3n) is 3.05. The molecule has 2 aromatic carbocycles. The molecule has 0 heterocycles. The summed E-state index contributed by atoms with van der Waals surface area (Å²) in [6, 6.07) is 10.9. The van der Waals surface area contributed by atoms with Crippen molar-refractivity contribution in [1.29, 1.82) is 0 Å². The van der Waals surface area contributed by atoms with Gasteiger partial charge in [0.15, 0.2) is 0 Å². The van der Waals surface area contributed by atoms with E-state index in [0.29, 0.717) is 4.47 Å². The topological polar surface area (TPSA) is 20.2 Å². The Morgan fingerprint density at radius 1 is 1.05 bits per heavy atom. The normalized spacial score (nSPS) is 13.2. The summed E-state index contributed by atoms with van der Waals surface area (Å²) in [5.41, 5.74) is -0.195. The number of hydrogen-bond acceptors (Lipinski definition) is 1. The lowest BCUT2D eigenvalue weighted by molar-refractivity contribution is -0.139. The molecular weight excluding hydrogens is 413 g/mol. The third-order valence-corrected chi connectivity index (χ3v) is 4.32. The van der Waals surface area contributed by atoms with E-state index in [1.165, 1.54) is 12.1 Å². The van der Waals surface area contributed by atoms with Crippen LogP contribution in [0.3, 0.4) is 0 Å². The highest BCUT2D eigenvalue weighted by Crippen LogP contribution is 2.37. The van der Waals surface area contributed by atoms with Gasteiger partial charge in [0, 0.05) is 15.4 Å². The van der Waals surface area contributed by atoms with E-state index >= 15 is 0 Å². The van der Waals surface area contributed by atoms with Gasteiger partial charge in [-0.1, -0.05) is 56.1 Å². The number of aliphatic hydroxyl groups is 1. The molecule has 21 heavy (non-hydrogen) atoms. The van der Waals surface area contributed by atoms with E-state index in [1.54, 1.807) is 24.3 Å². The van der Waals surface area contributed by atoms with Crippen LogP contribution in [0.2, 0.25) is 0 Å². The molecule has 0 spiro atoms. The largest absolute Gasteiger partial charge is 0.416 e. The Labute approximate surface area is 137 Å². The van der Waals surface area contributed by atoms with Crippen molar-refractivity contribution in [2.24, 2.45) is 0 Å². The maximum atomic E-state index is 13.1. The van der Waals surface area contributed by atoms with E-state index < -0.39 is 17.8 Å². The molecule has 0 saturated carbocycles. The molecule has 1 atom stereocenters. The summed E-state index contributed by atoms with van der Waals surface area (Å²) >= 11 is 6.35. The van der Waals surface area contributed by atoms with Crippen LogP contribution in [0, 0.1) is 0 Å². The Hall–Kier alpha value is -0.850. The van der Waals surface area contributed by atoms with E-state index in [-0.39, 0.29) is 12.0 Å². The summed E-state index contributed by atoms with van der Waals surface area (Å²) < 4.78 is 40.3. The van der Waals surface area contributed by atoms with Gasteiger partial charge in [-0.25, -0.2) is 0 Å². The lowest BCUT2D eigenvalue weighted by Crippen LogP contribution is -2.13. The van der Waals surface area contributed by atoms with Crippen molar-refractivity contribution in [3.05, 3.63) is 68.1 Å². The predicted molar refractivity (Wildman–Crippen MR) is 81.9 cm³/mol. The maximum absolute atomic E-state index is 13.1. The van der Waals surface area contributed by atoms with Crippen LogP contribution in [-0.4, -0.2) is 5.11 Å². The molecule has 0 fully saturated rings. The zero-order chi connectivity index (χ0) is 15.6. The van der Waals surface area contributed by atoms with Crippen molar-refractivity contribution in [1.82, 2.24) is 0 Å². The molecular formula is C15H11Br2F3O. The average Bonchev–Trinajstić information content (AvgIpc) is 2.40. The van der Waals surface area contributed by atoms with Gasteiger partial charge in [-0.15, -0.1) is 0 Å². The smallest absolute Gasteiger partial charge is 0.388 e. The molecule has 0 aliphatic heterocycles. The van der Waals surface area contributed by atoms with E-state index in [1.807, 2.05) is 0 Å². The van der Waals surface area contributed by atoms with Gasteiger partial charge in [0.1, 0.15) is 0 Å². The van der Waals surface area contributed by atoms with E-state index in [4.69, 9.17) is 0 Å². The molecule has 112 valence electrons. The first-order chi connectivity index (χ1) is 9.79. The van der Waals surface area contributed by atoms with Gasteiger partial charge in [-0.05, 0) is 29.3 Å². The first-order valence-corrected chi connectivity index (χ1v) is 7.65. The van der Waals surface area contributed by atoms with Crippen LogP contribution in [-0.2, 0) is 12.6 Å². The quantitative estimate of drug-likeness (QED) is 0.690. The van der Waals surface area contributed by atoms with Gasteiger partial charge in [0.05, 0.1) is 11.7 Å². The van der Waals surface area contributed by atoms with Crippen molar-refractivity contribution in [2.45, 2.75) is 18.7 Å². The van der Waals surface area contributed by atoms with Gasteiger partial charge in [0.25, 0.3) is 0 Å². The number of rotatable bonds is 3. The standard InChI is InChI=1S/C15H11Br2F3O/c16-10-5-6-11(12(8-10)15(18,19)20)14(21)7-9-3-1-2-4-13(9)17/h1-6,8,14,21H,7H2. The van der Waals surface area contributed by atoms with Crippen LogP contribution in [0.15, 0.2) is 51.4 Å². The highest BCUT2D eigenvalue weighted by atomic mass is 79.9. The molecule has 1 N–H and O–H groups in total. The molecule has 0 bridgehead atoms. The van der Waals surface area contributed by atoms with Crippen LogP contribution >= 0.6 is 31.9 Å². The Morgan fingerprint density at radius 3 is 2.33 bits per heavy atom. The molecule has 0 aliphatic rings. The lowest BCUT2D eigenvalue weighted by atomic mass is 9.97. The maximum Gasteiger partial charge on any atom is 0.416 e. The molecule has 0 amide bonds. The third kappa shape index (κ3) is 4.08. The highest BCUT2D eigenvalue weighted by molar-refractivity contribution is 9.10. The van der Waals surface area contributed by atoms with Crippen molar-refractivity contribution >= 4 is 31.9 Å². The van der Waals surface area contributed by atoms with Gasteiger partial charge in [0.2, 0.25) is 0 Å². The fourth-order valence-electron chi connectivity index (χ4n) is 2.05. The van der Waals surface area contributed by atoms with E-state index in [0.717, 1.165) is 16.1 Å². The molecule has 2 rings (SSSR count). The molecule has 0 radical (unpaired) electrons. The molecule has 1 unspecified atom stereocenters. The summed E-state index contributed by atoms with van der Waals surface area (Å²) in [6.45, 7) is 0. The number of benzene rings is 2. The van der Waals surface area contributed by atoms with Gasteiger partial charge in [-0.3, -0.25) is 0 Å². The minimum Gasteiger partial charge on any atom is -0.388 e. The van der Waals surface area contributed by atoms with Crippen molar-refractivity contribution < 1.29 is 18.3 Å². The molecule has 6 heteroatoms. The summed E-state index contributed by atoms with van der Waals surface area (Å²) in [7, 11) is 0. The van der Waals surface area contributed by atoms with Crippen LogP contribution < -0.4 is 0 Å². The van der Waals surface area contributed by atoms with Gasteiger partial charge < -0.3 is 5.11 Å². The number of halogens is 5. The lowest BCUT2D eigenvalue weighted by Gasteiger charge is -2.18. The summed E-state index contributed by atoms with van der Waals surface area (Å²) in [5, 5.41) is 10.2. The van der Waals surface area contributed by atoms with Crippen LogP contribution in [0.25, 0.3) is 0 Å². The van der Waals surface area contributed by atoms with Crippen LogP contribution in [0.5, 0.6) is 0 Å². The zero-order valence-corrected chi connectivity index (χ0v) is 13.8. The summed E-state index contributed by atoms with van der Waals surface area (Å²) in [5.74, 6) is 0. The van der Waals surface area contributed by atoms with Crippen LogP contribution in [0.1, 0.15) is 22.8 Å². The second-order valence-corrected chi connectivity index (χ2v) is 6.31. The molecule has 0 aliphatic carbocycles. The van der Waals surface area contributed by atoms with Gasteiger partial charge >= 0.3 is 6.18 Å². The second kappa shape index (κ2) is 6.50. The monoisotopic (exact) mass is 422 g/mol. The minimum absolute atomic E-state index is 0.103. The molecule has 1 nitrogen and oxygen atoms in total. The molecule has 0 saturated heterocycles. The van der Waals surface area contributed by atoms with Crippen LogP contribution in [0.4, 0.5) is 13.2 Å². The summed E-state index contributed by atoms with van der Waals surface area (Å²) in [6.07, 6.45) is -5.63. The Morgan fingerprint density at radius 2 is 1.71 bits per heavy atom. The predicted octanol–water partition coefficient (Wildman–Crippen LogP) is 5.51. The van der Waals surface area contributed by atoms with Crippen molar-refractivity contribution in [3.63, 3.8) is 0 Å². The van der Waals surface area contributed by atoms with Crippen molar-refractivity contribution in [3.8, 4) is 0 Å². The highest BCUT2D eigenvalue weighted by Gasteiger charge is 2.35. The SMILES string of the molecule is OC(Cc1ccccc1Br)c1ccc(Br)cc1C(F)(F)F. The van der Waals surface area contributed by atoms with E-state index in [9.17, 15) is 18.3 Å². The number of hydrogen-bond donors (Lipinski definition) is 1. The average molecular weight is 424 g/mol. The van der Waals surface area contributed by atoms with Crippen molar-refractivity contribution in [2.75, 3.05) is 0 Å². The minimum atomic E-state index is -4.51.